The van der Waals surface area contributed by atoms with Gasteiger partial charge in [0, 0.05) is 11.6 Å². The van der Waals surface area contributed by atoms with Gasteiger partial charge in [-0.2, -0.15) is 0 Å². The third-order valence-corrected chi connectivity index (χ3v) is 2.16. The molecule has 1 N–H and O–H groups in total. The first-order chi connectivity index (χ1) is 6.59. The minimum Gasteiger partial charge on any atom is -0.307 e. The molecular weight excluding hydrogens is 208 g/mol. The fourth-order valence-corrected chi connectivity index (χ4v) is 1.34. The van der Waals surface area contributed by atoms with Crippen molar-refractivity contribution in [3.8, 4) is 0 Å². The molecule has 0 fully saturated rings. The van der Waals surface area contributed by atoms with Crippen molar-refractivity contribution in [3.63, 3.8) is 0 Å². The fraction of sp³-hybridized carbons (Fsp3) is 0.400. The Morgan fingerprint density at radius 3 is 2.79 bits per heavy atom. The van der Waals surface area contributed by atoms with Crippen LogP contribution in [0.15, 0.2) is 18.2 Å². The molecule has 14 heavy (non-hydrogen) atoms. The van der Waals surface area contributed by atoms with E-state index in [2.05, 4.69) is 5.32 Å². The molecule has 0 spiro atoms. The largest absolute Gasteiger partial charge is 0.307 e. The average molecular weight is 220 g/mol. The Balaban J connectivity index is 2.53. The van der Waals surface area contributed by atoms with Crippen molar-refractivity contribution in [2.24, 2.45) is 0 Å². The molecule has 0 amide bonds. The molecule has 1 nitrogen and oxygen atoms in total. The number of aryl methyl sites for hydroxylation is 1. The summed E-state index contributed by atoms with van der Waals surface area (Å²) in [4.78, 5) is 0. The molecule has 78 valence electrons. The Labute approximate surface area is 87.1 Å². The van der Waals surface area contributed by atoms with Crippen molar-refractivity contribution in [2.45, 2.75) is 19.9 Å². The lowest BCUT2D eigenvalue weighted by atomic mass is 10.1. The maximum atomic E-state index is 11.8. The van der Waals surface area contributed by atoms with Crippen LogP contribution in [0.3, 0.4) is 0 Å². The van der Waals surface area contributed by atoms with Crippen LogP contribution in [0.5, 0.6) is 0 Å². The van der Waals surface area contributed by atoms with Crippen LogP contribution < -0.4 is 5.32 Å². The molecule has 0 radical (unpaired) electrons. The molecule has 0 aliphatic rings. The predicted molar refractivity (Wildman–Crippen MR) is 53.9 cm³/mol. The van der Waals surface area contributed by atoms with Gasteiger partial charge in [0.25, 0.3) is 6.43 Å². The van der Waals surface area contributed by atoms with Gasteiger partial charge in [-0.3, -0.25) is 0 Å². The highest BCUT2D eigenvalue weighted by Gasteiger charge is 2.03. The molecule has 4 heteroatoms. The van der Waals surface area contributed by atoms with Crippen molar-refractivity contribution in [1.29, 1.82) is 0 Å². The Kier molecular flexibility index (Phi) is 4.29. The van der Waals surface area contributed by atoms with Crippen LogP contribution >= 0.6 is 11.6 Å². The van der Waals surface area contributed by atoms with E-state index in [0.717, 1.165) is 11.1 Å². The molecule has 0 saturated heterocycles. The molecular formula is C10H12ClF2N. The normalized spacial score (nSPS) is 10.9. The highest BCUT2D eigenvalue weighted by molar-refractivity contribution is 6.30. The second kappa shape index (κ2) is 5.27. The van der Waals surface area contributed by atoms with E-state index in [9.17, 15) is 8.78 Å². The summed E-state index contributed by atoms with van der Waals surface area (Å²) in [5, 5.41) is 3.29. The summed E-state index contributed by atoms with van der Waals surface area (Å²) < 4.78 is 23.7. The van der Waals surface area contributed by atoms with Crippen molar-refractivity contribution in [3.05, 3.63) is 34.3 Å². The molecule has 0 aromatic heterocycles. The van der Waals surface area contributed by atoms with E-state index < -0.39 is 6.43 Å². The van der Waals surface area contributed by atoms with Gasteiger partial charge in [0.1, 0.15) is 0 Å². The van der Waals surface area contributed by atoms with Gasteiger partial charge < -0.3 is 5.32 Å². The lowest BCUT2D eigenvalue weighted by molar-refractivity contribution is 0.145. The van der Waals surface area contributed by atoms with E-state index in [-0.39, 0.29) is 6.54 Å². The highest BCUT2D eigenvalue weighted by Crippen LogP contribution is 2.15. The minimum absolute atomic E-state index is 0.286. The van der Waals surface area contributed by atoms with E-state index in [1.54, 1.807) is 12.1 Å². The van der Waals surface area contributed by atoms with Gasteiger partial charge in [0.15, 0.2) is 0 Å². The van der Waals surface area contributed by atoms with Gasteiger partial charge >= 0.3 is 0 Å². The first-order valence-corrected chi connectivity index (χ1v) is 4.71. The Hall–Kier alpha value is -0.670. The Morgan fingerprint density at radius 1 is 1.43 bits per heavy atom. The molecule has 1 rings (SSSR count). The standard InChI is InChI=1S/C10H12ClF2N/c1-7-2-3-9(11)4-8(7)5-14-6-10(12)13/h2-4,10,14H,5-6H2,1H3. The number of hydrogen-bond donors (Lipinski definition) is 1. The highest BCUT2D eigenvalue weighted by atomic mass is 35.5. The molecule has 0 aliphatic heterocycles. The zero-order chi connectivity index (χ0) is 10.6. The molecule has 0 heterocycles. The number of halogens is 3. The molecule has 0 saturated carbocycles. The Bertz CT molecular complexity index is 302. The van der Waals surface area contributed by atoms with E-state index in [1.165, 1.54) is 0 Å². The molecule has 0 bridgehead atoms. The minimum atomic E-state index is -2.31. The zero-order valence-electron chi connectivity index (χ0n) is 7.86. The number of rotatable bonds is 4. The van der Waals surface area contributed by atoms with Gasteiger partial charge in [0.05, 0.1) is 6.54 Å². The van der Waals surface area contributed by atoms with Crippen molar-refractivity contribution in [1.82, 2.24) is 5.32 Å². The van der Waals surface area contributed by atoms with Gasteiger partial charge in [-0.15, -0.1) is 0 Å². The second-order valence-corrected chi connectivity index (χ2v) is 3.53. The van der Waals surface area contributed by atoms with Crippen LogP contribution in [-0.4, -0.2) is 13.0 Å². The number of alkyl halides is 2. The monoisotopic (exact) mass is 219 g/mol. The SMILES string of the molecule is Cc1ccc(Cl)cc1CNCC(F)F. The maximum absolute atomic E-state index is 11.8. The average Bonchev–Trinajstić information content (AvgIpc) is 2.10. The summed E-state index contributed by atoms with van der Waals surface area (Å²) in [7, 11) is 0. The van der Waals surface area contributed by atoms with Crippen molar-refractivity contribution in [2.75, 3.05) is 6.54 Å². The van der Waals surface area contributed by atoms with Crippen LogP contribution in [0.4, 0.5) is 8.78 Å². The summed E-state index contributed by atoms with van der Waals surface area (Å²) in [5.74, 6) is 0. The molecule has 0 atom stereocenters. The maximum Gasteiger partial charge on any atom is 0.250 e. The molecule has 0 aliphatic carbocycles. The zero-order valence-corrected chi connectivity index (χ0v) is 8.61. The summed E-state index contributed by atoms with van der Waals surface area (Å²) in [6.07, 6.45) is -2.31. The summed E-state index contributed by atoms with van der Waals surface area (Å²) in [6, 6.07) is 5.45. The topological polar surface area (TPSA) is 12.0 Å². The van der Waals surface area contributed by atoms with Crippen LogP contribution in [0, 0.1) is 6.92 Å². The molecule has 1 aromatic carbocycles. The van der Waals surface area contributed by atoms with Crippen LogP contribution in [-0.2, 0) is 6.54 Å². The summed E-state index contributed by atoms with van der Waals surface area (Å²) in [5.41, 5.74) is 2.01. The predicted octanol–water partition coefficient (Wildman–Crippen LogP) is 3.00. The van der Waals surface area contributed by atoms with Gasteiger partial charge in [-0.1, -0.05) is 17.7 Å². The van der Waals surface area contributed by atoms with Crippen LogP contribution in [0.2, 0.25) is 5.02 Å². The molecule has 0 unspecified atom stereocenters. The fourth-order valence-electron chi connectivity index (χ4n) is 1.15. The number of benzene rings is 1. The Morgan fingerprint density at radius 2 is 2.14 bits per heavy atom. The van der Waals surface area contributed by atoms with Crippen molar-refractivity contribution < 1.29 is 8.78 Å². The third kappa shape index (κ3) is 3.60. The quantitative estimate of drug-likeness (QED) is 0.821. The van der Waals surface area contributed by atoms with Crippen LogP contribution in [0.1, 0.15) is 11.1 Å². The smallest absolute Gasteiger partial charge is 0.250 e. The van der Waals surface area contributed by atoms with Crippen LogP contribution in [0.25, 0.3) is 0 Å². The van der Waals surface area contributed by atoms with Gasteiger partial charge in [-0.05, 0) is 30.2 Å². The van der Waals surface area contributed by atoms with Gasteiger partial charge in [-0.25, -0.2) is 8.78 Å². The van der Waals surface area contributed by atoms with Gasteiger partial charge in [0.2, 0.25) is 0 Å². The van der Waals surface area contributed by atoms with E-state index in [1.807, 2.05) is 13.0 Å². The summed E-state index contributed by atoms with van der Waals surface area (Å²) >= 11 is 5.78. The third-order valence-electron chi connectivity index (χ3n) is 1.93. The molecule has 1 aromatic rings. The first-order valence-electron chi connectivity index (χ1n) is 4.33. The number of hydrogen-bond acceptors (Lipinski definition) is 1. The van der Waals surface area contributed by atoms with E-state index in [4.69, 9.17) is 11.6 Å². The van der Waals surface area contributed by atoms with Crippen molar-refractivity contribution >= 4 is 11.6 Å². The lowest BCUT2D eigenvalue weighted by Gasteiger charge is -2.07. The lowest BCUT2D eigenvalue weighted by Crippen LogP contribution is -2.21. The van der Waals surface area contributed by atoms with E-state index in [0.29, 0.717) is 11.6 Å². The van der Waals surface area contributed by atoms with E-state index >= 15 is 0 Å². The first kappa shape index (κ1) is 11.4. The second-order valence-electron chi connectivity index (χ2n) is 3.09. The summed E-state index contributed by atoms with van der Waals surface area (Å²) in [6.45, 7) is 2.07. The number of nitrogens with one attached hydrogen (secondary N) is 1.